The highest BCUT2D eigenvalue weighted by Crippen LogP contribution is 2.32. The molecule has 0 bridgehead atoms. The first-order chi connectivity index (χ1) is 9.41. The second-order valence-corrected chi connectivity index (χ2v) is 6.11. The van der Waals surface area contributed by atoms with Gasteiger partial charge in [0.05, 0.1) is 12.8 Å². The number of rotatable bonds is 4. The molecule has 108 valence electrons. The number of ether oxygens (including phenoxy) is 1. The Balaban J connectivity index is 2.23. The molecule has 20 heavy (non-hydrogen) atoms. The van der Waals surface area contributed by atoms with E-state index < -0.39 is 0 Å². The Bertz CT molecular complexity index is 579. The molecule has 2 aromatic rings. The average molecular weight is 273 g/mol. The van der Waals surface area contributed by atoms with Crippen molar-refractivity contribution in [3.63, 3.8) is 0 Å². The van der Waals surface area contributed by atoms with Crippen LogP contribution in [0.4, 0.5) is 0 Å². The molecule has 0 aliphatic heterocycles. The maximum atomic E-state index is 6.02. The molecular weight excluding hydrogens is 250 g/mol. The van der Waals surface area contributed by atoms with Gasteiger partial charge in [-0.25, -0.2) is 0 Å². The van der Waals surface area contributed by atoms with E-state index in [0.29, 0.717) is 13.2 Å². The minimum Gasteiger partial charge on any atom is -0.488 e. The van der Waals surface area contributed by atoms with Crippen molar-refractivity contribution >= 4 is 0 Å². The van der Waals surface area contributed by atoms with Crippen molar-refractivity contribution in [3.05, 3.63) is 53.0 Å². The van der Waals surface area contributed by atoms with Gasteiger partial charge in [0, 0.05) is 5.56 Å². The standard InChI is InChI=1S/C17H23NO2/c1-12-5-6-14(17(2,3)4)15(9-12)20-11-13-7-8-19-16(13)10-18/h5-9H,10-11,18H2,1-4H3. The van der Waals surface area contributed by atoms with E-state index in [2.05, 4.69) is 45.9 Å². The van der Waals surface area contributed by atoms with Crippen molar-refractivity contribution in [3.8, 4) is 5.75 Å². The van der Waals surface area contributed by atoms with E-state index in [4.69, 9.17) is 14.9 Å². The lowest BCUT2D eigenvalue weighted by Crippen LogP contribution is -2.14. The van der Waals surface area contributed by atoms with E-state index in [9.17, 15) is 0 Å². The van der Waals surface area contributed by atoms with Gasteiger partial charge in [-0.2, -0.15) is 0 Å². The zero-order valence-corrected chi connectivity index (χ0v) is 12.7. The fourth-order valence-electron chi connectivity index (χ4n) is 2.20. The van der Waals surface area contributed by atoms with Crippen LogP contribution >= 0.6 is 0 Å². The van der Waals surface area contributed by atoms with E-state index in [1.165, 1.54) is 11.1 Å². The quantitative estimate of drug-likeness (QED) is 0.918. The zero-order chi connectivity index (χ0) is 14.8. The SMILES string of the molecule is Cc1ccc(C(C)(C)C)c(OCc2ccoc2CN)c1. The molecular formula is C17H23NO2. The zero-order valence-electron chi connectivity index (χ0n) is 12.7. The van der Waals surface area contributed by atoms with Crippen LogP contribution in [0.25, 0.3) is 0 Å². The Hall–Kier alpha value is -1.74. The first kappa shape index (κ1) is 14.7. The normalized spacial score (nSPS) is 11.7. The summed E-state index contributed by atoms with van der Waals surface area (Å²) in [5.74, 6) is 1.72. The summed E-state index contributed by atoms with van der Waals surface area (Å²) in [5, 5.41) is 0. The molecule has 0 saturated heterocycles. The van der Waals surface area contributed by atoms with Crippen LogP contribution in [0.3, 0.4) is 0 Å². The lowest BCUT2D eigenvalue weighted by Gasteiger charge is -2.23. The molecule has 1 heterocycles. The minimum atomic E-state index is 0.0517. The van der Waals surface area contributed by atoms with Crippen molar-refractivity contribution in [2.24, 2.45) is 5.73 Å². The number of hydrogen-bond acceptors (Lipinski definition) is 3. The third-order valence-electron chi connectivity index (χ3n) is 3.35. The molecule has 0 atom stereocenters. The highest BCUT2D eigenvalue weighted by atomic mass is 16.5. The number of aryl methyl sites for hydroxylation is 1. The van der Waals surface area contributed by atoms with Gasteiger partial charge in [0.15, 0.2) is 0 Å². The molecule has 0 radical (unpaired) electrons. The smallest absolute Gasteiger partial charge is 0.123 e. The molecule has 1 aromatic heterocycles. The van der Waals surface area contributed by atoms with Crippen molar-refractivity contribution < 1.29 is 9.15 Å². The maximum Gasteiger partial charge on any atom is 0.123 e. The Morgan fingerprint density at radius 3 is 2.60 bits per heavy atom. The topological polar surface area (TPSA) is 48.4 Å². The molecule has 0 fully saturated rings. The van der Waals surface area contributed by atoms with Crippen LogP contribution in [0.2, 0.25) is 0 Å². The van der Waals surface area contributed by atoms with Crippen LogP contribution in [0, 0.1) is 6.92 Å². The Labute approximate surface area is 120 Å². The van der Waals surface area contributed by atoms with Gasteiger partial charge in [0.25, 0.3) is 0 Å². The minimum absolute atomic E-state index is 0.0517. The summed E-state index contributed by atoms with van der Waals surface area (Å²) in [5.41, 5.74) is 9.10. The van der Waals surface area contributed by atoms with E-state index >= 15 is 0 Å². The van der Waals surface area contributed by atoms with Crippen molar-refractivity contribution in [1.29, 1.82) is 0 Å². The third-order valence-corrected chi connectivity index (χ3v) is 3.35. The summed E-state index contributed by atoms with van der Waals surface area (Å²) in [6.45, 7) is 9.51. The summed E-state index contributed by atoms with van der Waals surface area (Å²) in [6.07, 6.45) is 1.65. The molecule has 2 rings (SSSR count). The molecule has 0 aliphatic carbocycles. The van der Waals surface area contributed by atoms with Crippen LogP contribution < -0.4 is 10.5 Å². The second-order valence-electron chi connectivity index (χ2n) is 6.11. The second kappa shape index (κ2) is 5.71. The van der Waals surface area contributed by atoms with Gasteiger partial charge < -0.3 is 14.9 Å². The molecule has 0 saturated carbocycles. The van der Waals surface area contributed by atoms with Crippen molar-refractivity contribution in [2.75, 3.05) is 0 Å². The monoisotopic (exact) mass is 273 g/mol. The first-order valence-electron chi connectivity index (χ1n) is 6.91. The molecule has 0 unspecified atom stereocenters. The fraction of sp³-hybridized carbons (Fsp3) is 0.412. The molecule has 3 heteroatoms. The van der Waals surface area contributed by atoms with E-state index in [1.807, 2.05) is 6.07 Å². The van der Waals surface area contributed by atoms with Gasteiger partial charge in [-0.05, 0) is 35.6 Å². The third kappa shape index (κ3) is 3.23. The fourth-order valence-corrected chi connectivity index (χ4v) is 2.20. The molecule has 0 aliphatic rings. The Kier molecular flexibility index (Phi) is 4.19. The highest BCUT2D eigenvalue weighted by molar-refractivity contribution is 5.41. The lowest BCUT2D eigenvalue weighted by molar-refractivity contribution is 0.293. The Morgan fingerprint density at radius 1 is 1.20 bits per heavy atom. The van der Waals surface area contributed by atoms with E-state index in [-0.39, 0.29) is 5.41 Å². The van der Waals surface area contributed by atoms with Gasteiger partial charge in [-0.3, -0.25) is 0 Å². The molecule has 0 amide bonds. The summed E-state index contributed by atoms with van der Waals surface area (Å²) >= 11 is 0. The summed E-state index contributed by atoms with van der Waals surface area (Å²) in [6, 6.07) is 8.26. The Morgan fingerprint density at radius 2 is 1.95 bits per heavy atom. The van der Waals surface area contributed by atoms with Crippen LogP contribution in [-0.4, -0.2) is 0 Å². The van der Waals surface area contributed by atoms with Gasteiger partial charge in [0.2, 0.25) is 0 Å². The van der Waals surface area contributed by atoms with Crippen LogP contribution in [0.15, 0.2) is 34.9 Å². The van der Waals surface area contributed by atoms with Gasteiger partial charge in [-0.1, -0.05) is 32.9 Å². The molecule has 2 N–H and O–H groups in total. The molecule has 3 nitrogen and oxygen atoms in total. The molecule has 1 aromatic carbocycles. The van der Waals surface area contributed by atoms with Crippen LogP contribution in [0.1, 0.15) is 43.2 Å². The predicted molar refractivity (Wildman–Crippen MR) is 80.8 cm³/mol. The van der Waals surface area contributed by atoms with Crippen molar-refractivity contribution in [1.82, 2.24) is 0 Å². The van der Waals surface area contributed by atoms with Gasteiger partial charge in [0.1, 0.15) is 18.1 Å². The largest absolute Gasteiger partial charge is 0.488 e. The van der Waals surface area contributed by atoms with Crippen molar-refractivity contribution in [2.45, 2.75) is 46.3 Å². The number of furan rings is 1. The number of hydrogen-bond donors (Lipinski definition) is 1. The lowest BCUT2D eigenvalue weighted by atomic mass is 9.86. The highest BCUT2D eigenvalue weighted by Gasteiger charge is 2.19. The van der Waals surface area contributed by atoms with Crippen LogP contribution in [0.5, 0.6) is 5.75 Å². The summed E-state index contributed by atoms with van der Waals surface area (Å²) in [7, 11) is 0. The van der Waals surface area contributed by atoms with E-state index in [0.717, 1.165) is 17.1 Å². The van der Waals surface area contributed by atoms with Crippen LogP contribution in [-0.2, 0) is 18.6 Å². The number of nitrogens with two attached hydrogens (primary N) is 1. The maximum absolute atomic E-state index is 6.02. The summed E-state index contributed by atoms with van der Waals surface area (Å²) in [4.78, 5) is 0. The summed E-state index contributed by atoms with van der Waals surface area (Å²) < 4.78 is 11.3. The van der Waals surface area contributed by atoms with Gasteiger partial charge >= 0.3 is 0 Å². The van der Waals surface area contributed by atoms with Gasteiger partial charge in [-0.15, -0.1) is 0 Å². The average Bonchev–Trinajstić information content (AvgIpc) is 2.82. The first-order valence-corrected chi connectivity index (χ1v) is 6.91. The molecule has 0 spiro atoms. The predicted octanol–water partition coefficient (Wildman–Crippen LogP) is 3.92. The number of benzene rings is 1. The van der Waals surface area contributed by atoms with E-state index in [1.54, 1.807) is 6.26 Å².